The van der Waals surface area contributed by atoms with E-state index in [-0.39, 0.29) is 37.7 Å². The lowest BCUT2D eigenvalue weighted by Gasteiger charge is -2.32. The molecule has 0 aliphatic carbocycles. The van der Waals surface area contributed by atoms with Crippen molar-refractivity contribution in [3.05, 3.63) is 99.5 Å². The molecule has 3 aromatic rings. The minimum atomic E-state index is -3.59. The third-order valence-corrected chi connectivity index (χ3v) is 8.83. The Morgan fingerprint density at radius 1 is 0.929 bits per heavy atom. The first-order chi connectivity index (χ1) is 20.0. The third kappa shape index (κ3) is 9.75. The zero-order valence-electron chi connectivity index (χ0n) is 24.4. The van der Waals surface area contributed by atoms with E-state index in [1.54, 1.807) is 36.4 Å². The van der Waals surface area contributed by atoms with Gasteiger partial charge in [-0.05, 0) is 55.2 Å². The van der Waals surface area contributed by atoms with Crippen molar-refractivity contribution in [2.75, 3.05) is 23.7 Å². The Bertz CT molecular complexity index is 1430. The van der Waals surface area contributed by atoms with Gasteiger partial charge in [0.15, 0.2) is 0 Å². The lowest BCUT2D eigenvalue weighted by molar-refractivity contribution is -0.141. The quantitative estimate of drug-likeness (QED) is 0.197. The third-order valence-electron chi connectivity index (χ3n) is 6.93. The second kappa shape index (κ2) is 16.0. The highest BCUT2D eigenvalue weighted by Gasteiger charge is 2.31. The molecule has 0 aliphatic heterocycles. The molecule has 10 heteroatoms. The largest absolute Gasteiger partial charge is 0.354 e. The van der Waals surface area contributed by atoms with Gasteiger partial charge < -0.3 is 10.2 Å². The molecule has 0 saturated carbocycles. The molecule has 0 unspecified atom stereocenters. The molecule has 7 nitrogen and oxygen atoms in total. The molecular formula is C32H39Cl2N3O4S. The van der Waals surface area contributed by atoms with Gasteiger partial charge in [-0.15, -0.1) is 0 Å². The topological polar surface area (TPSA) is 86.8 Å². The minimum absolute atomic E-state index is 0.0213. The first-order valence-corrected chi connectivity index (χ1v) is 16.7. The van der Waals surface area contributed by atoms with Crippen LogP contribution in [0.3, 0.4) is 0 Å². The zero-order chi connectivity index (χ0) is 30.7. The van der Waals surface area contributed by atoms with E-state index in [4.69, 9.17) is 23.2 Å². The number of amides is 2. The summed E-state index contributed by atoms with van der Waals surface area (Å²) in [6.45, 7) is 4.57. The van der Waals surface area contributed by atoms with Crippen LogP contribution in [0.5, 0.6) is 0 Å². The molecule has 2 amide bonds. The Labute approximate surface area is 259 Å². The van der Waals surface area contributed by atoms with Crippen molar-refractivity contribution in [3.8, 4) is 0 Å². The van der Waals surface area contributed by atoms with Gasteiger partial charge in [-0.3, -0.25) is 13.9 Å². The number of hydrogen-bond donors (Lipinski definition) is 1. The fourth-order valence-electron chi connectivity index (χ4n) is 4.70. The maximum atomic E-state index is 13.9. The Balaban J connectivity index is 1.91. The minimum Gasteiger partial charge on any atom is -0.354 e. The summed E-state index contributed by atoms with van der Waals surface area (Å²) in [4.78, 5) is 29.1. The number of halogens is 2. The van der Waals surface area contributed by atoms with Crippen LogP contribution in [-0.4, -0.2) is 50.5 Å². The monoisotopic (exact) mass is 631 g/mol. The van der Waals surface area contributed by atoms with Crippen LogP contribution in [0.25, 0.3) is 0 Å². The molecular weight excluding hydrogens is 593 g/mol. The second-order valence-corrected chi connectivity index (χ2v) is 13.1. The van der Waals surface area contributed by atoms with Gasteiger partial charge in [0.1, 0.15) is 6.04 Å². The number of rotatable bonds is 15. The van der Waals surface area contributed by atoms with E-state index in [0.717, 1.165) is 30.2 Å². The van der Waals surface area contributed by atoms with E-state index in [1.165, 1.54) is 9.21 Å². The highest BCUT2D eigenvalue weighted by molar-refractivity contribution is 7.92. The molecule has 42 heavy (non-hydrogen) atoms. The summed E-state index contributed by atoms with van der Waals surface area (Å²) in [7, 11) is -3.59. The standard InChI is InChI=1S/C32H39Cl2N3O4S/c1-4-5-19-35-32(39)30(22-25-13-7-6-8-14-25)36(23-27-28(33)16-10-17-29(27)34)31(38)18-11-20-37(42(3,40)41)26-15-9-12-24(2)21-26/h6-10,12-17,21,30H,4-5,11,18-20,22-23H2,1-3H3,(H,35,39)/t30-/m0/s1. The van der Waals surface area contributed by atoms with Crippen LogP contribution in [0.1, 0.15) is 49.3 Å². The number of aryl methyl sites for hydroxylation is 1. The molecule has 0 saturated heterocycles. The molecule has 0 radical (unpaired) electrons. The molecule has 3 rings (SSSR count). The van der Waals surface area contributed by atoms with E-state index in [2.05, 4.69) is 5.32 Å². The van der Waals surface area contributed by atoms with Gasteiger partial charge in [0.05, 0.1) is 11.9 Å². The van der Waals surface area contributed by atoms with Crippen LogP contribution >= 0.6 is 23.2 Å². The number of unbranched alkanes of at least 4 members (excludes halogenated alkanes) is 1. The molecule has 3 aromatic carbocycles. The van der Waals surface area contributed by atoms with Gasteiger partial charge in [0.2, 0.25) is 21.8 Å². The van der Waals surface area contributed by atoms with Crippen LogP contribution in [-0.2, 0) is 32.6 Å². The average molecular weight is 633 g/mol. The summed E-state index contributed by atoms with van der Waals surface area (Å²) >= 11 is 13.0. The van der Waals surface area contributed by atoms with Crippen molar-refractivity contribution in [1.82, 2.24) is 10.2 Å². The van der Waals surface area contributed by atoms with Crippen molar-refractivity contribution in [3.63, 3.8) is 0 Å². The number of benzene rings is 3. The van der Waals surface area contributed by atoms with Gasteiger partial charge in [-0.1, -0.05) is 85.1 Å². The molecule has 0 bridgehead atoms. The second-order valence-electron chi connectivity index (χ2n) is 10.3. The van der Waals surface area contributed by atoms with Crippen molar-refractivity contribution in [1.29, 1.82) is 0 Å². The maximum Gasteiger partial charge on any atom is 0.243 e. The number of nitrogens with one attached hydrogen (secondary N) is 1. The van der Waals surface area contributed by atoms with E-state index in [9.17, 15) is 18.0 Å². The molecule has 0 aliphatic rings. The first-order valence-electron chi connectivity index (χ1n) is 14.1. The predicted octanol–water partition coefficient (Wildman–Crippen LogP) is 6.40. The van der Waals surface area contributed by atoms with Gasteiger partial charge in [-0.25, -0.2) is 8.42 Å². The number of carbonyl (C=O) groups is 2. The number of nitrogens with zero attached hydrogens (tertiary/aromatic N) is 2. The average Bonchev–Trinajstić information content (AvgIpc) is 2.94. The normalized spacial score (nSPS) is 12.0. The van der Waals surface area contributed by atoms with Crippen molar-refractivity contribution in [2.24, 2.45) is 0 Å². The molecule has 226 valence electrons. The fraction of sp³-hybridized carbons (Fsp3) is 0.375. The Morgan fingerprint density at radius 2 is 1.60 bits per heavy atom. The smallest absolute Gasteiger partial charge is 0.243 e. The van der Waals surface area contributed by atoms with Crippen LogP contribution in [0.2, 0.25) is 10.0 Å². The number of anilines is 1. The highest BCUT2D eigenvalue weighted by atomic mass is 35.5. The lowest BCUT2D eigenvalue weighted by atomic mass is 10.0. The van der Waals surface area contributed by atoms with Crippen LogP contribution in [0.15, 0.2) is 72.8 Å². The summed E-state index contributed by atoms with van der Waals surface area (Å²) in [5.74, 6) is -0.559. The molecule has 0 aromatic heterocycles. The molecule has 1 N–H and O–H groups in total. The van der Waals surface area contributed by atoms with E-state index in [0.29, 0.717) is 34.3 Å². The van der Waals surface area contributed by atoms with Crippen molar-refractivity contribution < 1.29 is 18.0 Å². The SMILES string of the molecule is CCCCNC(=O)[C@H](Cc1ccccc1)N(Cc1c(Cl)cccc1Cl)C(=O)CCCN(c1cccc(C)c1)S(C)(=O)=O. The summed E-state index contributed by atoms with van der Waals surface area (Å²) in [5.41, 5.74) is 2.92. The Hall–Kier alpha value is -3.07. The van der Waals surface area contributed by atoms with Gasteiger partial charge in [-0.2, -0.15) is 0 Å². The number of sulfonamides is 1. The molecule has 0 fully saturated rings. The van der Waals surface area contributed by atoms with Crippen molar-refractivity contribution >= 4 is 50.7 Å². The van der Waals surface area contributed by atoms with E-state index >= 15 is 0 Å². The predicted molar refractivity (Wildman–Crippen MR) is 171 cm³/mol. The van der Waals surface area contributed by atoms with E-state index in [1.807, 2.05) is 50.2 Å². The van der Waals surface area contributed by atoms with Crippen molar-refractivity contribution in [2.45, 2.75) is 58.5 Å². The molecule has 0 heterocycles. The summed E-state index contributed by atoms with van der Waals surface area (Å²) in [5, 5.41) is 3.78. The summed E-state index contributed by atoms with van der Waals surface area (Å²) < 4.78 is 26.6. The Kier molecular flexibility index (Phi) is 12.7. The van der Waals surface area contributed by atoms with Gasteiger partial charge >= 0.3 is 0 Å². The maximum absolute atomic E-state index is 13.9. The molecule has 1 atom stereocenters. The van der Waals surface area contributed by atoms with Crippen LogP contribution in [0, 0.1) is 6.92 Å². The summed E-state index contributed by atoms with van der Waals surface area (Å²) in [6.07, 6.45) is 3.45. The summed E-state index contributed by atoms with van der Waals surface area (Å²) in [6, 6.07) is 21.0. The van der Waals surface area contributed by atoms with Gasteiger partial charge in [0.25, 0.3) is 0 Å². The van der Waals surface area contributed by atoms with E-state index < -0.39 is 16.1 Å². The number of hydrogen-bond acceptors (Lipinski definition) is 4. The fourth-order valence-corrected chi connectivity index (χ4v) is 6.18. The zero-order valence-corrected chi connectivity index (χ0v) is 26.7. The highest BCUT2D eigenvalue weighted by Crippen LogP contribution is 2.28. The first kappa shape index (κ1) is 33.4. The van der Waals surface area contributed by atoms with Crippen LogP contribution in [0.4, 0.5) is 5.69 Å². The molecule has 0 spiro atoms. The number of carbonyl (C=O) groups excluding carboxylic acids is 2. The Morgan fingerprint density at radius 3 is 2.21 bits per heavy atom. The van der Waals surface area contributed by atoms with Gasteiger partial charge in [0, 0.05) is 48.1 Å². The lowest BCUT2D eigenvalue weighted by Crippen LogP contribution is -2.50. The van der Waals surface area contributed by atoms with Crippen LogP contribution < -0.4 is 9.62 Å².